The van der Waals surface area contributed by atoms with Crippen molar-refractivity contribution in [1.29, 1.82) is 0 Å². The van der Waals surface area contributed by atoms with Gasteiger partial charge in [0, 0.05) is 6.04 Å². The lowest BCUT2D eigenvalue weighted by Crippen LogP contribution is -2.42. The molecule has 29 heavy (non-hydrogen) atoms. The summed E-state index contributed by atoms with van der Waals surface area (Å²) in [6.45, 7) is 3.67. The van der Waals surface area contributed by atoms with Crippen molar-refractivity contribution in [3.8, 4) is 0 Å². The third-order valence-electron chi connectivity index (χ3n) is 5.17. The molecule has 2 aromatic rings. The summed E-state index contributed by atoms with van der Waals surface area (Å²) in [5, 5.41) is 5.16. The van der Waals surface area contributed by atoms with E-state index in [4.69, 9.17) is 14.2 Å². The normalized spacial score (nSPS) is 23.6. The summed E-state index contributed by atoms with van der Waals surface area (Å²) >= 11 is 0. The first-order valence-electron chi connectivity index (χ1n) is 9.67. The number of methoxy groups -OCH3 is 1. The predicted molar refractivity (Wildman–Crippen MR) is 106 cm³/mol. The zero-order valence-corrected chi connectivity index (χ0v) is 16.7. The van der Waals surface area contributed by atoms with Crippen molar-refractivity contribution in [3.63, 3.8) is 0 Å². The molecule has 3 rings (SSSR count). The summed E-state index contributed by atoms with van der Waals surface area (Å²) in [5.41, 5.74) is 0.780. The van der Waals surface area contributed by atoms with Crippen molar-refractivity contribution in [1.82, 2.24) is 5.32 Å². The minimum atomic E-state index is -1.04. The van der Waals surface area contributed by atoms with E-state index in [1.807, 2.05) is 42.5 Å². The van der Waals surface area contributed by atoms with Crippen LogP contribution in [0, 0.1) is 11.8 Å². The van der Waals surface area contributed by atoms with Crippen LogP contribution in [0.2, 0.25) is 0 Å². The molecule has 7 heteroatoms. The van der Waals surface area contributed by atoms with Gasteiger partial charge in [-0.1, -0.05) is 36.4 Å². The maximum absolute atomic E-state index is 12.8. The smallest absolute Gasteiger partial charge is 0.323 e. The monoisotopic (exact) mass is 399 g/mol. The molecule has 1 saturated heterocycles. The zero-order chi connectivity index (χ0) is 21.0. The Morgan fingerprint density at radius 3 is 2.10 bits per heavy atom. The fourth-order valence-corrected chi connectivity index (χ4v) is 3.90. The van der Waals surface area contributed by atoms with Gasteiger partial charge in [0.1, 0.15) is 6.04 Å². The van der Waals surface area contributed by atoms with Gasteiger partial charge in [-0.15, -0.1) is 0 Å². The second-order valence-electron chi connectivity index (χ2n) is 6.81. The van der Waals surface area contributed by atoms with Gasteiger partial charge in [0.15, 0.2) is 0 Å². The molecule has 0 amide bonds. The van der Waals surface area contributed by atoms with Crippen LogP contribution in [-0.2, 0) is 28.6 Å². The molecule has 0 radical (unpaired) electrons. The highest BCUT2D eigenvalue weighted by Gasteiger charge is 2.55. The molecule has 4 atom stereocenters. The highest BCUT2D eigenvalue weighted by molar-refractivity contribution is 5.91. The maximum atomic E-state index is 12.8. The lowest BCUT2D eigenvalue weighted by atomic mass is 9.84. The third kappa shape index (κ3) is 4.10. The number of rotatable bonds is 6. The number of nitrogens with one attached hydrogen (secondary N) is 1. The largest absolute Gasteiger partial charge is 0.468 e. The first-order valence-corrected chi connectivity index (χ1v) is 9.67. The molecule has 0 bridgehead atoms. The summed E-state index contributed by atoms with van der Waals surface area (Å²) < 4.78 is 15.3. The number of fused-ring (bicyclic) bond motifs is 1. The van der Waals surface area contributed by atoms with Crippen molar-refractivity contribution in [3.05, 3.63) is 48.0 Å². The Hall–Kier alpha value is -2.93. The van der Waals surface area contributed by atoms with E-state index in [9.17, 15) is 14.4 Å². The fraction of sp³-hybridized carbons (Fsp3) is 0.409. The molecule has 7 nitrogen and oxygen atoms in total. The number of carbonyl (C=O) groups excluding carboxylic acids is 3. The van der Waals surface area contributed by atoms with E-state index in [0.717, 1.165) is 16.3 Å². The average Bonchev–Trinajstić information content (AvgIpc) is 3.14. The van der Waals surface area contributed by atoms with Gasteiger partial charge >= 0.3 is 17.9 Å². The van der Waals surface area contributed by atoms with Gasteiger partial charge in [-0.05, 0) is 36.2 Å². The van der Waals surface area contributed by atoms with E-state index >= 15 is 0 Å². The molecule has 1 aliphatic heterocycles. The molecule has 1 fully saturated rings. The number of ether oxygens (including phenoxy) is 3. The van der Waals surface area contributed by atoms with Gasteiger partial charge in [0.2, 0.25) is 0 Å². The van der Waals surface area contributed by atoms with Crippen LogP contribution in [-0.4, -0.2) is 44.3 Å². The standard InChI is InChI=1S/C22H25NO6/c1-4-28-20(24)16-17(21(25)29-5-2)19(22(26)27-3)23-18(16)15-11-10-13-8-6-7-9-14(13)12-15/h6-12,16-19,23H,4-5H2,1-3H3/t16-,17+,18+,19+/m0/s1. The molecule has 0 aliphatic carbocycles. The molecule has 0 saturated carbocycles. The molecule has 1 N–H and O–H groups in total. The van der Waals surface area contributed by atoms with Crippen LogP contribution in [0.15, 0.2) is 42.5 Å². The Bertz CT molecular complexity index is 911. The highest BCUT2D eigenvalue weighted by atomic mass is 16.5. The SMILES string of the molecule is CCOC(=O)[C@@H]1[C@H](C(=O)OCC)[C@@H](c2ccc3ccccc3c2)N[C@H]1C(=O)OC. The van der Waals surface area contributed by atoms with E-state index < -0.39 is 41.8 Å². The summed E-state index contributed by atoms with van der Waals surface area (Å²) in [7, 11) is 1.24. The van der Waals surface area contributed by atoms with Crippen molar-refractivity contribution in [2.75, 3.05) is 20.3 Å². The lowest BCUT2D eigenvalue weighted by Gasteiger charge is -2.22. The first-order chi connectivity index (χ1) is 14.0. The molecule has 1 aliphatic rings. The number of carbonyl (C=O) groups is 3. The predicted octanol–water partition coefficient (Wildman–Crippen LogP) is 2.38. The lowest BCUT2D eigenvalue weighted by molar-refractivity contribution is -0.162. The maximum Gasteiger partial charge on any atom is 0.323 e. The van der Waals surface area contributed by atoms with Gasteiger partial charge in [0.25, 0.3) is 0 Å². The Kier molecular flexibility index (Phi) is 6.49. The van der Waals surface area contributed by atoms with Crippen LogP contribution < -0.4 is 5.32 Å². The van der Waals surface area contributed by atoms with E-state index in [-0.39, 0.29) is 13.2 Å². The average molecular weight is 399 g/mol. The van der Waals surface area contributed by atoms with Crippen LogP contribution in [0.1, 0.15) is 25.5 Å². The summed E-state index contributed by atoms with van der Waals surface area (Å²) in [6, 6.07) is 12.0. The minimum Gasteiger partial charge on any atom is -0.468 e. The van der Waals surface area contributed by atoms with Crippen LogP contribution in [0.25, 0.3) is 10.8 Å². The molecule has 0 aromatic heterocycles. The topological polar surface area (TPSA) is 90.9 Å². The number of esters is 3. The Labute approximate surface area is 169 Å². The molecule has 0 unspecified atom stereocenters. The second kappa shape index (κ2) is 9.05. The summed E-state index contributed by atoms with van der Waals surface area (Å²) in [6.07, 6.45) is 0. The van der Waals surface area contributed by atoms with Crippen LogP contribution in [0.5, 0.6) is 0 Å². The second-order valence-corrected chi connectivity index (χ2v) is 6.81. The molecular formula is C22H25NO6. The van der Waals surface area contributed by atoms with Crippen molar-refractivity contribution < 1.29 is 28.6 Å². The van der Waals surface area contributed by atoms with Gasteiger partial charge in [-0.3, -0.25) is 19.7 Å². The Morgan fingerprint density at radius 1 is 0.862 bits per heavy atom. The molecule has 2 aromatic carbocycles. The number of hydrogen-bond donors (Lipinski definition) is 1. The van der Waals surface area contributed by atoms with Crippen molar-refractivity contribution >= 4 is 28.7 Å². The fourth-order valence-electron chi connectivity index (χ4n) is 3.90. The van der Waals surface area contributed by atoms with Gasteiger partial charge in [0.05, 0.1) is 32.2 Å². The molecule has 154 valence electrons. The third-order valence-corrected chi connectivity index (χ3v) is 5.17. The van der Waals surface area contributed by atoms with Gasteiger partial charge in [-0.25, -0.2) is 0 Å². The zero-order valence-electron chi connectivity index (χ0n) is 16.7. The van der Waals surface area contributed by atoms with Crippen LogP contribution in [0.4, 0.5) is 0 Å². The van der Waals surface area contributed by atoms with Crippen molar-refractivity contribution in [2.45, 2.75) is 25.9 Å². The van der Waals surface area contributed by atoms with Crippen LogP contribution in [0.3, 0.4) is 0 Å². The highest BCUT2D eigenvalue weighted by Crippen LogP contribution is 2.40. The van der Waals surface area contributed by atoms with E-state index in [0.29, 0.717) is 0 Å². The number of hydrogen-bond acceptors (Lipinski definition) is 7. The Balaban J connectivity index is 2.07. The van der Waals surface area contributed by atoms with Crippen molar-refractivity contribution in [2.24, 2.45) is 11.8 Å². The molecule has 1 heterocycles. The Morgan fingerprint density at radius 2 is 1.48 bits per heavy atom. The van der Waals surface area contributed by atoms with E-state index in [1.54, 1.807) is 13.8 Å². The molecular weight excluding hydrogens is 374 g/mol. The van der Waals surface area contributed by atoms with E-state index in [1.165, 1.54) is 7.11 Å². The first kappa shape index (κ1) is 20.8. The quantitative estimate of drug-likeness (QED) is 0.589. The van der Waals surface area contributed by atoms with E-state index in [2.05, 4.69) is 5.32 Å². The molecule has 0 spiro atoms. The van der Waals surface area contributed by atoms with Gasteiger partial charge < -0.3 is 14.2 Å². The van der Waals surface area contributed by atoms with Crippen LogP contribution >= 0.6 is 0 Å². The minimum absolute atomic E-state index is 0.138. The summed E-state index contributed by atoms with van der Waals surface area (Å²) in [5.74, 6) is -3.77. The summed E-state index contributed by atoms with van der Waals surface area (Å²) in [4.78, 5) is 38.0. The van der Waals surface area contributed by atoms with Gasteiger partial charge in [-0.2, -0.15) is 0 Å². The number of benzene rings is 2.